The molecule has 0 saturated carbocycles. The molecule has 1 saturated heterocycles. The Morgan fingerprint density at radius 1 is 0.923 bits per heavy atom. The van der Waals surface area contributed by atoms with Crippen molar-refractivity contribution in [3.8, 4) is 17.2 Å². The summed E-state index contributed by atoms with van der Waals surface area (Å²) < 4.78 is 10.6. The fourth-order valence-electron chi connectivity index (χ4n) is 3.51. The Kier molecular flexibility index (Phi) is 7.47. The molecule has 1 fully saturated rings. The van der Waals surface area contributed by atoms with Gasteiger partial charge in [-0.1, -0.05) is 23.2 Å². The second kappa shape index (κ2) is 10.8. The number of hydrogen-bond donors (Lipinski definition) is 1. The second-order valence-corrected chi connectivity index (χ2v) is 8.55. The number of carbonyl (C=O) groups excluding carboxylic acids is 3. The van der Waals surface area contributed by atoms with Gasteiger partial charge in [-0.15, -0.1) is 0 Å². The summed E-state index contributed by atoms with van der Waals surface area (Å²) in [6.45, 7) is 0. The van der Waals surface area contributed by atoms with E-state index in [4.69, 9.17) is 32.7 Å². The number of methoxy groups -OCH3 is 1. The maximum Gasteiger partial charge on any atom is 0.335 e. The molecule has 4 amide bonds. The number of ether oxygens (including phenoxy) is 2. The van der Waals surface area contributed by atoms with E-state index in [-0.39, 0.29) is 32.8 Å². The molecule has 0 unspecified atom stereocenters. The van der Waals surface area contributed by atoms with Gasteiger partial charge in [0.15, 0.2) is 5.75 Å². The number of nitro groups is 2. The first-order valence-electron chi connectivity index (χ1n) is 10.7. The molecule has 0 radical (unpaired) electrons. The van der Waals surface area contributed by atoms with E-state index in [9.17, 15) is 34.6 Å². The Balaban J connectivity index is 1.67. The minimum Gasteiger partial charge on any atom is -0.497 e. The summed E-state index contributed by atoms with van der Waals surface area (Å²) in [5.74, 6) is -1.96. The number of urea groups is 1. The number of rotatable bonds is 7. The van der Waals surface area contributed by atoms with Crippen molar-refractivity contribution in [1.82, 2.24) is 5.32 Å². The average molecular weight is 573 g/mol. The summed E-state index contributed by atoms with van der Waals surface area (Å²) in [6, 6.07) is 10.3. The predicted octanol–water partition coefficient (Wildman–Crippen LogP) is 5.28. The standard InChI is InChI=1S/C24H14Cl2N4O9/c1-38-15-5-2-13(3-6-15)28-23(32)16(22(31)27-24(28)33)8-12-9-17(25)21(18(26)10-12)39-20-7-4-14(29(34)35)11-19(20)30(36)37/h2-11H,1H3,(H,27,31,33)/b16-8+. The summed E-state index contributed by atoms with van der Waals surface area (Å²) >= 11 is 12.6. The van der Waals surface area contributed by atoms with Crippen LogP contribution in [0.3, 0.4) is 0 Å². The Morgan fingerprint density at radius 2 is 1.56 bits per heavy atom. The lowest BCUT2D eigenvalue weighted by Crippen LogP contribution is -2.54. The maximum atomic E-state index is 13.1. The third-order valence-corrected chi connectivity index (χ3v) is 5.89. The van der Waals surface area contributed by atoms with Crippen LogP contribution < -0.4 is 19.7 Å². The van der Waals surface area contributed by atoms with E-state index >= 15 is 0 Å². The quantitative estimate of drug-likeness (QED) is 0.171. The van der Waals surface area contributed by atoms with E-state index < -0.39 is 44.6 Å². The van der Waals surface area contributed by atoms with Crippen molar-refractivity contribution < 1.29 is 33.7 Å². The highest BCUT2D eigenvalue weighted by atomic mass is 35.5. The fraction of sp³-hybridized carbons (Fsp3) is 0.0417. The van der Waals surface area contributed by atoms with Gasteiger partial charge in [-0.3, -0.25) is 35.1 Å². The van der Waals surface area contributed by atoms with Crippen LogP contribution in [-0.2, 0) is 9.59 Å². The Bertz CT molecular complexity index is 1570. The minimum atomic E-state index is -0.955. The van der Waals surface area contributed by atoms with E-state index in [1.807, 2.05) is 0 Å². The average Bonchev–Trinajstić information content (AvgIpc) is 2.88. The van der Waals surface area contributed by atoms with Crippen molar-refractivity contribution in [2.24, 2.45) is 0 Å². The number of nitrogens with zero attached hydrogens (tertiary/aromatic N) is 3. The molecule has 0 atom stereocenters. The normalized spacial score (nSPS) is 14.3. The molecule has 0 spiro atoms. The molecular formula is C24H14Cl2N4O9. The third kappa shape index (κ3) is 5.49. The molecule has 1 N–H and O–H groups in total. The number of barbiturate groups is 1. The zero-order valence-electron chi connectivity index (χ0n) is 19.5. The van der Waals surface area contributed by atoms with E-state index in [2.05, 4.69) is 5.32 Å². The maximum absolute atomic E-state index is 13.1. The van der Waals surface area contributed by atoms with E-state index in [1.54, 1.807) is 0 Å². The molecular weight excluding hydrogens is 559 g/mol. The number of carbonyl (C=O) groups is 3. The molecule has 3 aromatic rings. The minimum absolute atomic E-state index is 0.159. The van der Waals surface area contributed by atoms with Gasteiger partial charge in [0.1, 0.15) is 11.3 Å². The molecule has 4 rings (SSSR count). The van der Waals surface area contributed by atoms with Gasteiger partial charge in [0.2, 0.25) is 5.75 Å². The van der Waals surface area contributed by atoms with Crippen molar-refractivity contribution in [3.05, 3.63) is 96.0 Å². The molecule has 0 aromatic heterocycles. The molecule has 1 aliphatic heterocycles. The first-order valence-corrected chi connectivity index (χ1v) is 11.4. The fourth-order valence-corrected chi connectivity index (χ4v) is 4.09. The Morgan fingerprint density at radius 3 is 2.13 bits per heavy atom. The predicted molar refractivity (Wildman–Crippen MR) is 138 cm³/mol. The van der Waals surface area contributed by atoms with Gasteiger partial charge < -0.3 is 9.47 Å². The molecule has 0 bridgehead atoms. The number of nitrogens with one attached hydrogen (secondary N) is 1. The lowest BCUT2D eigenvalue weighted by atomic mass is 10.1. The molecule has 198 valence electrons. The first kappa shape index (κ1) is 27.0. The van der Waals surface area contributed by atoms with Crippen LogP contribution in [0.2, 0.25) is 10.0 Å². The largest absolute Gasteiger partial charge is 0.497 e. The number of nitro benzene ring substituents is 2. The van der Waals surface area contributed by atoms with Crippen LogP contribution in [0.4, 0.5) is 21.9 Å². The molecule has 3 aromatic carbocycles. The van der Waals surface area contributed by atoms with Crippen molar-refractivity contribution >= 4 is 64.2 Å². The Labute approximate surface area is 228 Å². The lowest BCUT2D eigenvalue weighted by Gasteiger charge is -2.26. The van der Waals surface area contributed by atoms with Crippen molar-refractivity contribution in [3.63, 3.8) is 0 Å². The number of halogens is 2. The van der Waals surface area contributed by atoms with Gasteiger partial charge in [-0.2, -0.15) is 0 Å². The van der Waals surface area contributed by atoms with E-state index in [0.717, 1.165) is 29.2 Å². The van der Waals surface area contributed by atoms with Gasteiger partial charge in [0, 0.05) is 6.07 Å². The molecule has 15 heteroatoms. The topological polar surface area (TPSA) is 171 Å². The lowest BCUT2D eigenvalue weighted by molar-refractivity contribution is -0.394. The number of imide groups is 2. The SMILES string of the molecule is COc1ccc(N2C(=O)NC(=O)/C(=C\c3cc(Cl)c(Oc4ccc([N+](=O)[O-])cc4[N+](=O)[O-])c(Cl)c3)C2=O)cc1. The van der Waals surface area contributed by atoms with Crippen molar-refractivity contribution in [2.45, 2.75) is 0 Å². The van der Waals surface area contributed by atoms with E-state index in [1.165, 1.54) is 43.5 Å². The van der Waals surface area contributed by atoms with Crippen molar-refractivity contribution in [2.75, 3.05) is 12.0 Å². The highest BCUT2D eigenvalue weighted by molar-refractivity contribution is 6.40. The van der Waals surface area contributed by atoms with E-state index in [0.29, 0.717) is 5.75 Å². The van der Waals surface area contributed by atoms with Crippen LogP contribution in [-0.4, -0.2) is 34.8 Å². The molecule has 39 heavy (non-hydrogen) atoms. The van der Waals surface area contributed by atoms with Crippen molar-refractivity contribution in [1.29, 1.82) is 0 Å². The van der Waals surface area contributed by atoms with Crippen LogP contribution in [0, 0.1) is 20.2 Å². The number of benzene rings is 3. The van der Waals surface area contributed by atoms with Crippen LogP contribution in [0.5, 0.6) is 17.2 Å². The van der Waals surface area contributed by atoms with Crippen LogP contribution in [0.15, 0.2) is 60.2 Å². The third-order valence-electron chi connectivity index (χ3n) is 5.33. The molecule has 1 heterocycles. The van der Waals surface area contributed by atoms with Crippen LogP contribution in [0.1, 0.15) is 5.56 Å². The van der Waals surface area contributed by atoms with Gasteiger partial charge in [0.05, 0.1) is 38.8 Å². The highest BCUT2D eigenvalue weighted by Gasteiger charge is 2.37. The number of anilines is 1. The smallest absolute Gasteiger partial charge is 0.335 e. The summed E-state index contributed by atoms with van der Waals surface area (Å²) in [5.41, 5.74) is -1.28. The Hall–Kier alpha value is -5.01. The van der Waals surface area contributed by atoms with Crippen LogP contribution in [0.25, 0.3) is 6.08 Å². The number of amides is 4. The zero-order chi connectivity index (χ0) is 28.4. The summed E-state index contributed by atoms with van der Waals surface area (Å²) in [7, 11) is 1.45. The van der Waals surface area contributed by atoms with Gasteiger partial charge in [0.25, 0.3) is 17.5 Å². The monoisotopic (exact) mass is 572 g/mol. The zero-order valence-corrected chi connectivity index (χ0v) is 21.1. The molecule has 13 nitrogen and oxygen atoms in total. The van der Waals surface area contributed by atoms with Gasteiger partial charge in [-0.25, -0.2) is 9.69 Å². The number of hydrogen-bond acceptors (Lipinski definition) is 9. The van der Waals surface area contributed by atoms with Gasteiger partial charge >= 0.3 is 11.7 Å². The molecule has 0 aliphatic carbocycles. The van der Waals surface area contributed by atoms with Gasteiger partial charge in [-0.05, 0) is 54.1 Å². The summed E-state index contributed by atoms with van der Waals surface area (Å²) in [5, 5.41) is 24.1. The summed E-state index contributed by atoms with van der Waals surface area (Å²) in [4.78, 5) is 59.4. The first-order chi connectivity index (χ1) is 18.5. The summed E-state index contributed by atoms with van der Waals surface area (Å²) in [6.07, 6.45) is 1.15. The highest BCUT2D eigenvalue weighted by Crippen LogP contribution is 2.41. The molecule has 1 aliphatic rings. The second-order valence-electron chi connectivity index (χ2n) is 7.74. The number of non-ortho nitro benzene ring substituents is 1. The van der Waals surface area contributed by atoms with Crippen LogP contribution >= 0.6 is 23.2 Å².